The van der Waals surface area contributed by atoms with Crippen molar-refractivity contribution in [3.05, 3.63) is 83.1 Å². The summed E-state index contributed by atoms with van der Waals surface area (Å²) in [6, 6.07) is 15.0. The van der Waals surface area contributed by atoms with Crippen molar-refractivity contribution >= 4 is 54.2 Å². The van der Waals surface area contributed by atoms with E-state index in [2.05, 4.69) is 24.9 Å². The van der Waals surface area contributed by atoms with Crippen LogP contribution in [0.15, 0.2) is 71.9 Å². The minimum absolute atomic E-state index is 0.122. The highest BCUT2D eigenvalue weighted by atomic mass is 35.5. The Morgan fingerprint density at radius 2 is 1.95 bits per heavy atom. The zero-order chi connectivity index (χ0) is 26.2. The van der Waals surface area contributed by atoms with Crippen molar-refractivity contribution in [2.24, 2.45) is 0 Å². The smallest absolute Gasteiger partial charge is 0.247 e. The van der Waals surface area contributed by atoms with Gasteiger partial charge in [0.2, 0.25) is 15.9 Å². The third-order valence-electron chi connectivity index (χ3n) is 6.53. The summed E-state index contributed by atoms with van der Waals surface area (Å²) in [6.07, 6.45) is 4.43. The van der Waals surface area contributed by atoms with E-state index < -0.39 is 16.1 Å². The topological polar surface area (TPSA) is 83.5 Å². The molecule has 5 rings (SSSR count). The molecule has 192 valence electrons. The number of sulfonamides is 1. The van der Waals surface area contributed by atoms with Gasteiger partial charge in [-0.2, -0.15) is 4.31 Å². The summed E-state index contributed by atoms with van der Waals surface area (Å²) in [5.41, 5.74) is 2.82. The molecule has 37 heavy (non-hydrogen) atoms. The SMILES string of the molecule is CC(C)c1cccc2sc(N(Cc3cccnc3)C(=O)C3CCCN3S(=O)(=O)c3ccc(Cl)cc3)nc12. The Balaban J connectivity index is 1.54. The van der Waals surface area contributed by atoms with Crippen molar-refractivity contribution in [2.75, 3.05) is 11.4 Å². The number of carbonyl (C=O) groups is 1. The van der Waals surface area contributed by atoms with Gasteiger partial charge in [-0.3, -0.25) is 14.7 Å². The monoisotopic (exact) mass is 554 g/mol. The number of thiazole rings is 1. The minimum Gasteiger partial charge on any atom is -0.282 e. The fourth-order valence-corrected chi connectivity index (χ4v) is 7.43. The highest BCUT2D eigenvalue weighted by Gasteiger charge is 2.42. The number of halogens is 1. The van der Waals surface area contributed by atoms with Crippen LogP contribution in [0.5, 0.6) is 0 Å². The van der Waals surface area contributed by atoms with Gasteiger partial charge in [0, 0.05) is 24.0 Å². The van der Waals surface area contributed by atoms with Crippen LogP contribution < -0.4 is 4.90 Å². The zero-order valence-electron chi connectivity index (χ0n) is 20.5. The predicted octanol–water partition coefficient (Wildman–Crippen LogP) is 5.85. The summed E-state index contributed by atoms with van der Waals surface area (Å²) in [7, 11) is -3.88. The maximum absolute atomic E-state index is 14.1. The quantitative estimate of drug-likeness (QED) is 0.286. The maximum atomic E-state index is 14.1. The fraction of sp³-hybridized carbons (Fsp3) is 0.296. The molecule has 0 bridgehead atoms. The molecule has 1 aliphatic rings. The van der Waals surface area contributed by atoms with Crippen molar-refractivity contribution in [2.45, 2.75) is 50.1 Å². The van der Waals surface area contributed by atoms with Crippen molar-refractivity contribution < 1.29 is 13.2 Å². The van der Waals surface area contributed by atoms with Gasteiger partial charge < -0.3 is 0 Å². The van der Waals surface area contributed by atoms with Crippen molar-refractivity contribution in [3.8, 4) is 0 Å². The second kappa shape index (κ2) is 10.5. The largest absolute Gasteiger partial charge is 0.282 e. The maximum Gasteiger partial charge on any atom is 0.247 e. The molecule has 0 saturated carbocycles. The van der Waals surface area contributed by atoms with Gasteiger partial charge in [0.25, 0.3) is 0 Å². The Morgan fingerprint density at radius 1 is 1.16 bits per heavy atom. The third kappa shape index (κ3) is 5.13. The molecule has 4 aromatic rings. The fourth-order valence-electron chi connectivity index (χ4n) is 4.65. The molecule has 1 aliphatic heterocycles. The summed E-state index contributed by atoms with van der Waals surface area (Å²) in [5.74, 6) is -0.0139. The number of hydrogen-bond donors (Lipinski definition) is 0. The lowest BCUT2D eigenvalue weighted by Crippen LogP contribution is -2.47. The van der Waals surface area contributed by atoms with Gasteiger partial charge in [0.15, 0.2) is 5.13 Å². The Labute approximate surface area is 225 Å². The molecule has 1 amide bonds. The predicted molar refractivity (Wildman–Crippen MR) is 148 cm³/mol. The van der Waals surface area contributed by atoms with Crippen LogP contribution in [0.4, 0.5) is 5.13 Å². The number of carbonyl (C=O) groups excluding carboxylic acids is 1. The van der Waals surface area contributed by atoms with E-state index in [1.54, 1.807) is 29.4 Å². The van der Waals surface area contributed by atoms with Crippen molar-refractivity contribution in [1.82, 2.24) is 14.3 Å². The first-order valence-electron chi connectivity index (χ1n) is 12.1. The second-order valence-corrected chi connectivity index (χ2v) is 12.7. The minimum atomic E-state index is -3.88. The van der Waals surface area contributed by atoms with Crippen LogP contribution >= 0.6 is 22.9 Å². The van der Waals surface area contributed by atoms with Crippen LogP contribution in [0, 0.1) is 0 Å². The molecule has 10 heteroatoms. The number of amides is 1. The Morgan fingerprint density at radius 3 is 2.65 bits per heavy atom. The third-order valence-corrected chi connectivity index (χ3v) is 9.75. The molecule has 3 heterocycles. The van der Waals surface area contributed by atoms with Gasteiger partial charge in [-0.15, -0.1) is 0 Å². The standard InChI is InChI=1S/C27H27ClN4O3S2/c1-18(2)22-7-3-9-24-25(22)30-27(36-24)31(17-19-6-4-14-29-16-19)26(33)23-8-5-15-32(23)37(34,35)21-12-10-20(28)11-13-21/h3-4,6-7,9-14,16,18,23H,5,8,15,17H2,1-2H3. The highest BCUT2D eigenvalue weighted by molar-refractivity contribution is 7.89. The first-order chi connectivity index (χ1) is 17.8. The number of nitrogens with zero attached hydrogens (tertiary/aromatic N) is 4. The van der Waals surface area contributed by atoms with E-state index in [0.717, 1.165) is 21.3 Å². The van der Waals surface area contributed by atoms with E-state index in [4.69, 9.17) is 16.6 Å². The molecule has 1 fully saturated rings. The van der Waals surface area contributed by atoms with Crippen LogP contribution in [0.25, 0.3) is 10.2 Å². The first-order valence-corrected chi connectivity index (χ1v) is 14.8. The van der Waals surface area contributed by atoms with E-state index in [-0.39, 0.29) is 29.8 Å². The molecular weight excluding hydrogens is 528 g/mol. The lowest BCUT2D eigenvalue weighted by molar-refractivity contribution is -0.121. The Hall–Kier alpha value is -2.85. The summed E-state index contributed by atoms with van der Waals surface area (Å²) < 4.78 is 29.4. The van der Waals surface area contributed by atoms with Crippen LogP contribution in [-0.4, -0.2) is 41.2 Å². The number of aromatic nitrogens is 2. The summed E-state index contributed by atoms with van der Waals surface area (Å²) in [4.78, 5) is 25.0. The number of anilines is 1. The molecule has 0 N–H and O–H groups in total. The normalized spacial score (nSPS) is 16.5. The van der Waals surface area contributed by atoms with Crippen LogP contribution in [0.1, 0.15) is 43.7 Å². The van der Waals surface area contributed by atoms with E-state index in [9.17, 15) is 13.2 Å². The van der Waals surface area contributed by atoms with E-state index in [1.807, 2.05) is 24.3 Å². The zero-order valence-corrected chi connectivity index (χ0v) is 22.9. The van der Waals surface area contributed by atoms with Crippen LogP contribution in [0.2, 0.25) is 5.02 Å². The van der Waals surface area contributed by atoms with E-state index in [0.29, 0.717) is 23.0 Å². The second-order valence-electron chi connectivity index (χ2n) is 9.36. The summed E-state index contributed by atoms with van der Waals surface area (Å²) in [6.45, 7) is 4.75. The molecule has 2 aromatic carbocycles. The van der Waals surface area contributed by atoms with Crippen molar-refractivity contribution in [1.29, 1.82) is 0 Å². The van der Waals surface area contributed by atoms with E-state index in [1.165, 1.54) is 27.8 Å². The molecule has 0 radical (unpaired) electrons. The Kier molecular flexibility index (Phi) is 7.31. The molecule has 1 saturated heterocycles. The van der Waals surface area contributed by atoms with E-state index >= 15 is 0 Å². The molecular formula is C27H27ClN4O3S2. The molecule has 2 aromatic heterocycles. The lowest BCUT2D eigenvalue weighted by atomic mass is 10.0. The van der Waals surface area contributed by atoms with Crippen molar-refractivity contribution in [3.63, 3.8) is 0 Å². The van der Waals surface area contributed by atoms with Gasteiger partial charge in [-0.1, -0.05) is 55.0 Å². The van der Waals surface area contributed by atoms with Gasteiger partial charge >= 0.3 is 0 Å². The number of rotatable bonds is 7. The number of pyridine rings is 1. The highest BCUT2D eigenvalue weighted by Crippen LogP contribution is 2.36. The molecule has 7 nitrogen and oxygen atoms in total. The molecule has 1 unspecified atom stereocenters. The summed E-state index contributed by atoms with van der Waals surface area (Å²) in [5, 5.41) is 1.000. The first kappa shape index (κ1) is 25.8. The number of hydrogen-bond acceptors (Lipinski definition) is 6. The van der Waals surface area contributed by atoms with Gasteiger partial charge in [-0.25, -0.2) is 13.4 Å². The molecule has 0 spiro atoms. The van der Waals surface area contributed by atoms with Gasteiger partial charge in [0.1, 0.15) is 6.04 Å². The molecule has 0 aliphatic carbocycles. The summed E-state index contributed by atoms with van der Waals surface area (Å²) >= 11 is 7.41. The average molecular weight is 555 g/mol. The van der Waals surface area contributed by atoms with Gasteiger partial charge in [0.05, 0.1) is 21.7 Å². The average Bonchev–Trinajstić information content (AvgIpc) is 3.55. The molecule has 1 atom stereocenters. The van der Waals surface area contributed by atoms with Gasteiger partial charge in [-0.05, 0) is 66.3 Å². The number of fused-ring (bicyclic) bond motifs is 1. The van der Waals surface area contributed by atoms with Crippen LogP contribution in [0.3, 0.4) is 0 Å². The lowest BCUT2D eigenvalue weighted by Gasteiger charge is -2.28. The number of benzene rings is 2. The Bertz CT molecular complexity index is 1520. The van der Waals surface area contributed by atoms with Crippen LogP contribution in [-0.2, 0) is 21.4 Å². The number of para-hydroxylation sites is 1.